The summed E-state index contributed by atoms with van der Waals surface area (Å²) in [4.78, 5) is 29.3. The van der Waals surface area contributed by atoms with Gasteiger partial charge in [0.25, 0.3) is 5.97 Å². The van der Waals surface area contributed by atoms with Gasteiger partial charge in [0, 0.05) is 19.4 Å². The standard InChI is InChI=1S/C12H20O4.C2H4O2/c13-11(14)9-7-5-3-1-2-4-6-8-10-12(15)16;1-2(3)4/h7,9H,1-6,8,10H2,(H,13,14)(H,15,16);1H3,(H,3,4)/b9-7+;. The second-order valence-corrected chi connectivity index (χ2v) is 4.31. The molecular weight excluding hydrogens is 264 g/mol. The molecule has 0 amide bonds. The highest BCUT2D eigenvalue weighted by Gasteiger charge is 1.96. The zero-order chi connectivity index (χ0) is 15.8. The van der Waals surface area contributed by atoms with Gasteiger partial charge in [0.1, 0.15) is 0 Å². The Morgan fingerprint density at radius 1 is 0.850 bits per heavy atom. The minimum Gasteiger partial charge on any atom is -0.481 e. The zero-order valence-corrected chi connectivity index (χ0v) is 11.9. The Labute approximate surface area is 119 Å². The van der Waals surface area contributed by atoms with Crippen molar-refractivity contribution >= 4 is 17.9 Å². The molecule has 3 N–H and O–H groups in total. The SMILES string of the molecule is CC(=O)O.O=C(O)/C=C/CCCCCCCCC(=O)O. The lowest BCUT2D eigenvalue weighted by Crippen LogP contribution is -1.93. The number of aliphatic carboxylic acids is 3. The molecule has 0 saturated heterocycles. The average Bonchev–Trinajstić information content (AvgIpc) is 2.30. The first kappa shape index (κ1) is 20.5. The van der Waals surface area contributed by atoms with Gasteiger partial charge in [0.15, 0.2) is 0 Å². The van der Waals surface area contributed by atoms with Crippen LogP contribution in [0.3, 0.4) is 0 Å². The number of carbonyl (C=O) groups is 3. The molecule has 0 radical (unpaired) electrons. The molecule has 6 heteroatoms. The molecule has 116 valence electrons. The molecule has 20 heavy (non-hydrogen) atoms. The van der Waals surface area contributed by atoms with Gasteiger partial charge in [-0.05, 0) is 19.3 Å². The third kappa shape index (κ3) is 29.8. The third-order valence-corrected chi connectivity index (χ3v) is 2.27. The Morgan fingerprint density at radius 3 is 1.75 bits per heavy atom. The van der Waals surface area contributed by atoms with E-state index in [1.165, 1.54) is 6.08 Å². The number of carboxylic acids is 3. The molecule has 6 nitrogen and oxygen atoms in total. The summed E-state index contributed by atoms with van der Waals surface area (Å²) in [6, 6.07) is 0. The summed E-state index contributed by atoms with van der Waals surface area (Å²) in [6.07, 6.45) is 9.89. The predicted molar refractivity (Wildman–Crippen MR) is 74.7 cm³/mol. The van der Waals surface area contributed by atoms with E-state index in [1.54, 1.807) is 6.08 Å². The lowest BCUT2D eigenvalue weighted by Gasteiger charge is -1.98. The van der Waals surface area contributed by atoms with Crippen LogP contribution in [0.25, 0.3) is 0 Å². The van der Waals surface area contributed by atoms with Crippen LogP contribution >= 0.6 is 0 Å². The first-order valence-corrected chi connectivity index (χ1v) is 6.67. The fourth-order valence-electron chi connectivity index (χ4n) is 1.43. The zero-order valence-electron chi connectivity index (χ0n) is 11.9. The van der Waals surface area contributed by atoms with Crippen LogP contribution in [-0.2, 0) is 14.4 Å². The van der Waals surface area contributed by atoms with Crippen molar-refractivity contribution in [2.45, 2.75) is 58.3 Å². The van der Waals surface area contributed by atoms with E-state index < -0.39 is 17.9 Å². The molecule has 0 aliphatic heterocycles. The quantitative estimate of drug-likeness (QED) is 0.421. The monoisotopic (exact) mass is 288 g/mol. The number of unbranched alkanes of at least 4 members (excludes halogenated alkanes) is 6. The Balaban J connectivity index is 0. The highest BCUT2D eigenvalue weighted by atomic mass is 16.4. The maximum Gasteiger partial charge on any atom is 0.327 e. The highest BCUT2D eigenvalue weighted by Crippen LogP contribution is 2.08. The summed E-state index contributed by atoms with van der Waals surface area (Å²) >= 11 is 0. The summed E-state index contributed by atoms with van der Waals surface area (Å²) in [5.74, 6) is -2.45. The second-order valence-electron chi connectivity index (χ2n) is 4.31. The van der Waals surface area contributed by atoms with Crippen LogP contribution in [0.1, 0.15) is 58.3 Å². The minimum absolute atomic E-state index is 0.265. The second kappa shape index (κ2) is 15.2. The average molecular weight is 288 g/mol. The van der Waals surface area contributed by atoms with Crippen LogP contribution in [0.4, 0.5) is 0 Å². The first-order valence-electron chi connectivity index (χ1n) is 6.67. The van der Waals surface area contributed by atoms with Gasteiger partial charge in [-0.15, -0.1) is 0 Å². The van der Waals surface area contributed by atoms with E-state index in [1.807, 2.05) is 0 Å². The van der Waals surface area contributed by atoms with Crippen molar-refractivity contribution < 1.29 is 29.7 Å². The molecule has 0 unspecified atom stereocenters. The van der Waals surface area contributed by atoms with Gasteiger partial charge in [-0.1, -0.05) is 31.8 Å². The van der Waals surface area contributed by atoms with Gasteiger partial charge >= 0.3 is 11.9 Å². The van der Waals surface area contributed by atoms with Crippen LogP contribution in [0.15, 0.2) is 12.2 Å². The topological polar surface area (TPSA) is 112 Å². The van der Waals surface area contributed by atoms with Crippen molar-refractivity contribution in [3.8, 4) is 0 Å². The van der Waals surface area contributed by atoms with Crippen LogP contribution in [0.2, 0.25) is 0 Å². The lowest BCUT2D eigenvalue weighted by molar-refractivity contribution is -0.137. The number of carboxylic acid groups (broad SMARTS) is 3. The molecule has 0 fully saturated rings. The summed E-state index contributed by atoms with van der Waals surface area (Å²) < 4.78 is 0. The molecule has 0 aromatic carbocycles. The van der Waals surface area contributed by atoms with Gasteiger partial charge in [-0.3, -0.25) is 9.59 Å². The minimum atomic E-state index is -0.895. The Bertz CT molecular complexity index is 305. The Morgan fingerprint density at radius 2 is 1.30 bits per heavy atom. The molecule has 0 aromatic rings. The molecule has 0 heterocycles. The van der Waals surface area contributed by atoms with Gasteiger partial charge < -0.3 is 15.3 Å². The number of hydrogen-bond donors (Lipinski definition) is 3. The largest absolute Gasteiger partial charge is 0.481 e. The molecular formula is C14H24O6. The van der Waals surface area contributed by atoms with Crippen molar-refractivity contribution in [2.24, 2.45) is 0 Å². The molecule has 0 bridgehead atoms. The van der Waals surface area contributed by atoms with E-state index in [2.05, 4.69) is 0 Å². The Hall–Kier alpha value is -1.85. The van der Waals surface area contributed by atoms with Gasteiger partial charge in [0.2, 0.25) is 0 Å². The van der Waals surface area contributed by atoms with Crippen LogP contribution in [0.5, 0.6) is 0 Å². The van der Waals surface area contributed by atoms with Gasteiger partial charge in [-0.2, -0.15) is 0 Å². The van der Waals surface area contributed by atoms with Crippen LogP contribution < -0.4 is 0 Å². The summed E-state index contributed by atoms with van der Waals surface area (Å²) in [6.45, 7) is 1.08. The maximum absolute atomic E-state index is 10.2. The first-order chi connectivity index (χ1) is 9.36. The number of hydrogen-bond acceptors (Lipinski definition) is 3. The van der Waals surface area contributed by atoms with E-state index in [9.17, 15) is 9.59 Å². The van der Waals surface area contributed by atoms with Crippen LogP contribution in [-0.4, -0.2) is 33.2 Å². The highest BCUT2D eigenvalue weighted by molar-refractivity contribution is 5.79. The molecule has 0 spiro atoms. The van der Waals surface area contributed by atoms with Crippen molar-refractivity contribution in [2.75, 3.05) is 0 Å². The molecule has 0 saturated carbocycles. The predicted octanol–water partition coefficient (Wildman–Crippen LogP) is 2.92. The fraction of sp³-hybridized carbons (Fsp3) is 0.643. The third-order valence-electron chi connectivity index (χ3n) is 2.27. The van der Waals surface area contributed by atoms with E-state index in [0.29, 0.717) is 0 Å². The van der Waals surface area contributed by atoms with E-state index in [4.69, 9.17) is 20.1 Å². The van der Waals surface area contributed by atoms with Crippen molar-refractivity contribution in [3.05, 3.63) is 12.2 Å². The Kier molecular flexibility index (Phi) is 15.6. The summed E-state index contributed by atoms with van der Waals surface area (Å²) in [7, 11) is 0. The van der Waals surface area contributed by atoms with Crippen LogP contribution in [0, 0.1) is 0 Å². The van der Waals surface area contributed by atoms with Crippen molar-refractivity contribution in [1.82, 2.24) is 0 Å². The van der Waals surface area contributed by atoms with E-state index in [-0.39, 0.29) is 6.42 Å². The molecule has 0 aliphatic carbocycles. The maximum atomic E-state index is 10.2. The molecule has 0 atom stereocenters. The van der Waals surface area contributed by atoms with Gasteiger partial charge in [0.05, 0.1) is 0 Å². The number of rotatable bonds is 10. The molecule has 0 rings (SSSR count). The van der Waals surface area contributed by atoms with Gasteiger partial charge in [-0.25, -0.2) is 4.79 Å². The lowest BCUT2D eigenvalue weighted by atomic mass is 10.1. The smallest absolute Gasteiger partial charge is 0.327 e. The summed E-state index contributed by atoms with van der Waals surface area (Å²) in [5.41, 5.74) is 0. The van der Waals surface area contributed by atoms with E-state index >= 15 is 0 Å². The number of allylic oxidation sites excluding steroid dienone is 1. The fourth-order valence-corrected chi connectivity index (χ4v) is 1.43. The molecule has 0 aromatic heterocycles. The van der Waals surface area contributed by atoms with E-state index in [0.717, 1.165) is 51.9 Å². The van der Waals surface area contributed by atoms with Crippen molar-refractivity contribution in [3.63, 3.8) is 0 Å². The summed E-state index contributed by atoms with van der Waals surface area (Å²) in [5, 5.41) is 24.1. The normalized spacial score (nSPS) is 9.85. The van der Waals surface area contributed by atoms with Crippen molar-refractivity contribution in [1.29, 1.82) is 0 Å². The molecule has 0 aliphatic rings.